The fraction of sp³-hybridized carbons (Fsp3) is 0.824. The summed E-state index contributed by atoms with van der Waals surface area (Å²) in [5.41, 5.74) is 0.619. The second kappa shape index (κ2) is 10.0. The third-order valence-corrected chi connectivity index (χ3v) is 4.99. The van der Waals surface area contributed by atoms with Crippen molar-refractivity contribution in [2.24, 2.45) is 17.0 Å². The first-order valence-electron chi connectivity index (χ1n) is 8.39. The molecule has 126 valence electrons. The number of hydrogen-bond donors (Lipinski definition) is 0. The zero-order valence-corrected chi connectivity index (χ0v) is 15.1. The van der Waals surface area contributed by atoms with E-state index in [0.717, 1.165) is 18.6 Å². The fourth-order valence-corrected chi connectivity index (χ4v) is 4.04. The van der Waals surface area contributed by atoms with Crippen molar-refractivity contribution in [3.05, 3.63) is 0 Å². The highest BCUT2D eigenvalue weighted by Crippen LogP contribution is 2.31. The molecule has 0 saturated heterocycles. The number of carbonyl (C=O) groups excluding carboxylic acids is 2. The number of nitrogens with zero attached hydrogens (tertiary/aromatic N) is 1. The van der Waals surface area contributed by atoms with Crippen LogP contribution in [-0.2, 0) is 14.4 Å². The van der Waals surface area contributed by atoms with Gasteiger partial charge in [-0.2, -0.15) is 11.8 Å². The molecule has 0 aromatic heterocycles. The first-order valence-corrected chi connectivity index (χ1v) is 9.43. The van der Waals surface area contributed by atoms with E-state index in [1.165, 1.54) is 0 Å². The molecule has 1 saturated carbocycles. The number of carbonyl (C=O) groups is 2. The lowest BCUT2D eigenvalue weighted by atomic mass is 9.75. The van der Waals surface area contributed by atoms with E-state index in [0.29, 0.717) is 36.8 Å². The van der Waals surface area contributed by atoms with Crippen LogP contribution in [0.4, 0.5) is 0 Å². The third-order valence-electron chi connectivity index (χ3n) is 3.89. The molecule has 1 atom stereocenters. The van der Waals surface area contributed by atoms with Gasteiger partial charge in [0.05, 0.1) is 5.71 Å². The molecule has 0 N–H and O–H groups in total. The summed E-state index contributed by atoms with van der Waals surface area (Å²) in [5.74, 6) is 0.668. The number of oxime groups is 1. The highest BCUT2D eigenvalue weighted by atomic mass is 32.2. The molecular weight excluding hydrogens is 298 g/mol. The summed E-state index contributed by atoms with van der Waals surface area (Å²) in [6.07, 6.45) is 3.44. The van der Waals surface area contributed by atoms with Gasteiger partial charge >= 0.3 is 0 Å². The summed E-state index contributed by atoms with van der Waals surface area (Å²) in [7, 11) is 0. The van der Waals surface area contributed by atoms with Crippen molar-refractivity contribution in [3.63, 3.8) is 0 Å². The lowest BCUT2D eigenvalue weighted by Crippen LogP contribution is -2.39. The minimum Gasteiger partial charge on any atom is -0.396 e. The van der Waals surface area contributed by atoms with Crippen molar-refractivity contribution in [1.82, 2.24) is 0 Å². The van der Waals surface area contributed by atoms with Gasteiger partial charge in [0.1, 0.15) is 24.1 Å². The summed E-state index contributed by atoms with van der Waals surface area (Å²) in [5, 5.41) is 4.54. The second-order valence-corrected chi connectivity index (χ2v) is 7.61. The van der Waals surface area contributed by atoms with E-state index in [1.807, 2.05) is 25.6 Å². The molecular formula is C17H29NO3S. The van der Waals surface area contributed by atoms with E-state index >= 15 is 0 Å². The Kier molecular flexibility index (Phi) is 8.76. The van der Waals surface area contributed by atoms with Crippen molar-refractivity contribution < 1.29 is 14.4 Å². The van der Waals surface area contributed by atoms with Gasteiger partial charge in [-0.15, -0.1) is 0 Å². The Hall–Kier alpha value is -0.840. The normalized spacial score (nSPS) is 24.5. The van der Waals surface area contributed by atoms with Crippen LogP contribution in [0, 0.1) is 11.8 Å². The zero-order chi connectivity index (χ0) is 16.5. The summed E-state index contributed by atoms with van der Waals surface area (Å²) in [4.78, 5) is 30.0. The van der Waals surface area contributed by atoms with Crippen LogP contribution in [0.2, 0.25) is 0 Å². The van der Waals surface area contributed by atoms with Crippen LogP contribution in [0.3, 0.4) is 0 Å². The standard InChI is InChI=1S/C17H29NO3S/c1-5-8-14(18-21-6-2)17-15(19)10-13(11-16(17)20)9-12(4)22-7-3/h12-13,17H,5-11H2,1-4H3/b18-14+/t12-,13?,17?/m1/s1. The maximum absolute atomic E-state index is 12.5. The van der Waals surface area contributed by atoms with E-state index in [4.69, 9.17) is 4.84 Å². The van der Waals surface area contributed by atoms with E-state index in [-0.39, 0.29) is 17.5 Å². The first kappa shape index (κ1) is 19.2. The minimum atomic E-state index is -0.656. The monoisotopic (exact) mass is 327 g/mol. The van der Waals surface area contributed by atoms with Crippen molar-refractivity contribution in [2.75, 3.05) is 12.4 Å². The van der Waals surface area contributed by atoms with Crippen LogP contribution >= 0.6 is 11.8 Å². The van der Waals surface area contributed by atoms with Gasteiger partial charge in [0.15, 0.2) is 0 Å². The number of Topliss-reactive ketones (excluding diaryl/α,β-unsaturated/α-hetero) is 2. The first-order chi connectivity index (χ1) is 10.5. The van der Waals surface area contributed by atoms with Gasteiger partial charge in [-0.05, 0) is 31.4 Å². The quantitative estimate of drug-likeness (QED) is 0.366. The second-order valence-electron chi connectivity index (χ2n) is 5.89. The molecule has 22 heavy (non-hydrogen) atoms. The van der Waals surface area contributed by atoms with E-state index < -0.39 is 5.92 Å². The van der Waals surface area contributed by atoms with Crippen LogP contribution in [0.1, 0.15) is 59.8 Å². The highest BCUT2D eigenvalue weighted by molar-refractivity contribution is 7.99. The predicted octanol–water partition coefficient (Wildman–Crippen LogP) is 3.88. The molecule has 0 aromatic carbocycles. The Morgan fingerprint density at radius 3 is 2.41 bits per heavy atom. The molecule has 0 unspecified atom stereocenters. The summed E-state index contributed by atoms with van der Waals surface area (Å²) in [6.45, 7) is 8.63. The van der Waals surface area contributed by atoms with Crippen molar-refractivity contribution in [1.29, 1.82) is 0 Å². The zero-order valence-electron chi connectivity index (χ0n) is 14.3. The molecule has 1 rings (SSSR count). The SMILES string of the molecule is CCC/C(=N\OCC)C1C(=O)CC(C[C@@H](C)SCC)CC1=O. The van der Waals surface area contributed by atoms with Crippen molar-refractivity contribution >= 4 is 29.0 Å². The molecule has 0 aliphatic heterocycles. The van der Waals surface area contributed by atoms with E-state index in [1.54, 1.807) is 0 Å². The molecule has 1 fully saturated rings. The lowest BCUT2D eigenvalue weighted by Gasteiger charge is -2.28. The highest BCUT2D eigenvalue weighted by Gasteiger charge is 2.38. The van der Waals surface area contributed by atoms with Gasteiger partial charge in [-0.25, -0.2) is 0 Å². The van der Waals surface area contributed by atoms with Gasteiger partial charge in [-0.1, -0.05) is 32.3 Å². The molecule has 1 aliphatic carbocycles. The van der Waals surface area contributed by atoms with E-state index in [2.05, 4.69) is 19.0 Å². The Balaban J connectivity index is 2.73. The predicted molar refractivity (Wildman–Crippen MR) is 92.4 cm³/mol. The summed E-state index contributed by atoms with van der Waals surface area (Å²) < 4.78 is 0. The van der Waals surface area contributed by atoms with Gasteiger partial charge < -0.3 is 4.84 Å². The summed E-state index contributed by atoms with van der Waals surface area (Å²) >= 11 is 1.89. The molecule has 0 heterocycles. The van der Waals surface area contributed by atoms with Crippen LogP contribution in [0.25, 0.3) is 0 Å². The maximum Gasteiger partial charge on any atom is 0.149 e. The third kappa shape index (κ3) is 5.75. The number of ketones is 2. The molecule has 0 bridgehead atoms. The average molecular weight is 327 g/mol. The topological polar surface area (TPSA) is 55.7 Å². The van der Waals surface area contributed by atoms with Crippen LogP contribution in [0.15, 0.2) is 5.16 Å². The molecule has 5 heteroatoms. The number of hydrogen-bond acceptors (Lipinski definition) is 5. The molecule has 0 aromatic rings. The number of thioether (sulfide) groups is 1. The molecule has 4 nitrogen and oxygen atoms in total. The Morgan fingerprint density at radius 1 is 1.27 bits per heavy atom. The van der Waals surface area contributed by atoms with Crippen LogP contribution in [-0.4, -0.2) is 34.9 Å². The smallest absolute Gasteiger partial charge is 0.149 e. The van der Waals surface area contributed by atoms with E-state index in [9.17, 15) is 9.59 Å². The largest absolute Gasteiger partial charge is 0.396 e. The summed E-state index contributed by atoms with van der Waals surface area (Å²) in [6, 6.07) is 0. The van der Waals surface area contributed by atoms with Gasteiger partial charge in [0.2, 0.25) is 0 Å². The molecule has 0 radical (unpaired) electrons. The van der Waals surface area contributed by atoms with Crippen molar-refractivity contribution in [2.45, 2.75) is 65.0 Å². The van der Waals surface area contributed by atoms with Gasteiger partial charge in [0, 0.05) is 18.1 Å². The Labute approximate surface area is 138 Å². The number of rotatable bonds is 9. The Morgan fingerprint density at radius 2 is 1.91 bits per heavy atom. The van der Waals surface area contributed by atoms with Crippen molar-refractivity contribution in [3.8, 4) is 0 Å². The lowest BCUT2D eigenvalue weighted by molar-refractivity contribution is -0.134. The van der Waals surface area contributed by atoms with Crippen LogP contribution in [0.5, 0.6) is 0 Å². The molecule has 1 aliphatic rings. The average Bonchev–Trinajstić information content (AvgIpc) is 2.44. The molecule has 0 spiro atoms. The van der Waals surface area contributed by atoms with Crippen LogP contribution < -0.4 is 0 Å². The minimum absolute atomic E-state index is 0.0295. The fourth-order valence-electron chi connectivity index (χ4n) is 3.06. The molecule has 0 amide bonds. The Bertz CT molecular complexity index is 391. The van der Waals surface area contributed by atoms with Gasteiger partial charge in [0.25, 0.3) is 0 Å². The maximum atomic E-state index is 12.5. The van der Waals surface area contributed by atoms with Gasteiger partial charge in [-0.3, -0.25) is 9.59 Å².